The Morgan fingerprint density at radius 3 is 2.82 bits per heavy atom. The normalized spacial score (nSPS) is 10.8. The highest BCUT2D eigenvalue weighted by atomic mass is 127. The molecule has 2 aromatic carbocycles. The highest BCUT2D eigenvalue weighted by molar-refractivity contribution is 14.1. The van der Waals surface area contributed by atoms with Crippen molar-refractivity contribution in [3.63, 3.8) is 0 Å². The van der Waals surface area contributed by atoms with Crippen molar-refractivity contribution in [2.24, 2.45) is 0 Å². The van der Waals surface area contributed by atoms with Crippen molar-refractivity contribution in [3.05, 3.63) is 51.1 Å². The van der Waals surface area contributed by atoms with Crippen LogP contribution in [0.4, 0.5) is 5.69 Å². The molecule has 112 valence electrons. The molecule has 22 heavy (non-hydrogen) atoms. The Kier molecular flexibility index (Phi) is 4.90. The van der Waals surface area contributed by atoms with Crippen molar-refractivity contribution in [2.45, 2.75) is 5.16 Å². The van der Waals surface area contributed by atoms with Gasteiger partial charge in [-0.1, -0.05) is 23.4 Å². The first-order valence-corrected chi connectivity index (χ1v) is 8.88. The van der Waals surface area contributed by atoms with Crippen molar-refractivity contribution in [1.82, 2.24) is 9.97 Å². The number of hydrogen-bond donors (Lipinski definition) is 2. The molecule has 7 heteroatoms. The van der Waals surface area contributed by atoms with E-state index < -0.39 is 0 Å². The SMILES string of the molecule is O=C(CSc1nc2ccc(Cl)cc2[nH]1)Nc1ccc(I)cc1. The zero-order valence-electron chi connectivity index (χ0n) is 11.3. The summed E-state index contributed by atoms with van der Waals surface area (Å²) < 4.78 is 1.13. The average Bonchev–Trinajstić information content (AvgIpc) is 2.89. The molecule has 0 aliphatic carbocycles. The van der Waals surface area contributed by atoms with Crippen LogP contribution in [-0.2, 0) is 4.79 Å². The van der Waals surface area contributed by atoms with Gasteiger partial charge in [0.15, 0.2) is 5.16 Å². The van der Waals surface area contributed by atoms with Gasteiger partial charge in [0, 0.05) is 14.3 Å². The van der Waals surface area contributed by atoms with Crippen LogP contribution in [0.1, 0.15) is 0 Å². The lowest BCUT2D eigenvalue weighted by atomic mass is 10.3. The number of nitrogens with zero attached hydrogens (tertiary/aromatic N) is 1. The molecule has 0 fully saturated rings. The number of fused-ring (bicyclic) bond motifs is 1. The van der Waals surface area contributed by atoms with Crippen molar-refractivity contribution in [2.75, 3.05) is 11.1 Å². The summed E-state index contributed by atoms with van der Waals surface area (Å²) in [6.45, 7) is 0. The van der Waals surface area contributed by atoms with Crippen LogP contribution in [0.25, 0.3) is 11.0 Å². The van der Waals surface area contributed by atoms with Gasteiger partial charge >= 0.3 is 0 Å². The molecule has 0 saturated carbocycles. The van der Waals surface area contributed by atoms with Crippen LogP contribution in [-0.4, -0.2) is 21.6 Å². The molecule has 3 rings (SSSR count). The lowest BCUT2D eigenvalue weighted by Gasteiger charge is -2.04. The van der Waals surface area contributed by atoms with Gasteiger partial charge in [-0.2, -0.15) is 0 Å². The number of imidazole rings is 1. The molecular formula is C15H11ClIN3OS. The summed E-state index contributed by atoms with van der Waals surface area (Å²) in [6.07, 6.45) is 0. The first-order chi connectivity index (χ1) is 10.6. The first-order valence-electron chi connectivity index (χ1n) is 6.44. The highest BCUT2D eigenvalue weighted by Gasteiger charge is 2.08. The maximum absolute atomic E-state index is 11.9. The molecule has 0 aliphatic rings. The Morgan fingerprint density at radius 2 is 2.05 bits per heavy atom. The second-order valence-corrected chi connectivity index (χ2v) is 7.19. The molecule has 1 heterocycles. The maximum Gasteiger partial charge on any atom is 0.234 e. The molecule has 1 amide bonds. The molecule has 2 N–H and O–H groups in total. The van der Waals surface area contributed by atoms with Crippen LogP contribution in [0.2, 0.25) is 5.02 Å². The molecular weight excluding hydrogens is 433 g/mol. The average molecular weight is 444 g/mol. The van der Waals surface area contributed by atoms with Gasteiger partial charge in [0.1, 0.15) is 0 Å². The number of carbonyl (C=O) groups excluding carboxylic acids is 1. The topological polar surface area (TPSA) is 57.8 Å². The van der Waals surface area contributed by atoms with Crippen molar-refractivity contribution >= 4 is 68.6 Å². The number of anilines is 1. The van der Waals surface area contributed by atoms with E-state index in [9.17, 15) is 4.79 Å². The number of amides is 1. The molecule has 0 aliphatic heterocycles. The van der Waals surface area contributed by atoms with E-state index >= 15 is 0 Å². The Hall–Kier alpha value is -1.25. The van der Waals surface area contributed by atoms with Crippen LogP contribution in [0.5, 0.6) is 0 Å². The Labute approximate surface area is 150 Å². The summed E-state index contributed by atoms with van der Waals surface area (Å²) in [5.41, 5.74) is 2.50. The van der Waals surface area contributed by atoms with Crippen molar-refractivity contribution in [1.29, 1.82) is 0 Å². The Morgan fingerprint density at radius 1 is 1.27 bits per heavy atom. The zero-order valence-corrected chi connectivity index (χ0v) is 15.0. The van der Waals surface area contributed by atoms with Gasteiger partial charge in [0.25, 0.3) is 0 Å². The highest BCUT2D eigenvalue weighted by Crippen LogP contribution is 2.22. The monoisotopic (exact) mass is 443 g/mol. The van der Waals surface area contributed by atoms with Crippen LogP contribution in [0.3, 0.4) is 0 Å². The summed E-state index contributed by atoms with van der Waals surface area (Å²) >= 11 is 9.52. The summed E-state index contributed by atoms with van der Waals surface area (Å²) in [5, 5.41) is 4.22. The fourth-order valence-electron chi connectivity index (χ4n) is 1.89. The van der Waals surface area contributed by atoms with E-state index in [1.54, 1.807) is 6.07 Å². The van der Waals surface area contributed by atoms with E-state index in [0.29, 0.717) is 15.9 Å². The number of thioether (sulfide) groups is 1. The number of hydrogen-bond acceptors (Lipinski definition) is 3. The van der Waals surface area contributed by atoms with Gasteiger partial charge in [-0.25, -0.2) is 4.98 Å². The molecule has 0 radical (unpaired) electrons. The smallest absolute Gasteiger partial charge is 0.234 e. The number of H-pyrrole nitrogens is 1. The largest absolute Gasteiger partial charge is 0.333 e. The molecule has 4 nitrogen and oxygen atoms in total. The van der Waals surface area contributed by atoms with Crippen LogP contribution < -0.4 is 5.32 Å². The van der Waals surface area contributed by atoms with Gasteiger partial charge in [-0.15, -0.1) is 0 Å². The van der Waals surface area contributed by atoms with Crippen LogP contribution in [0.15, 0.2) is 47.6 Å². The standard InChI is InChI=1S/C15H11ClIN3OS/c16-9-1-6-12-13(7-9)20-15(19-12)22-8-14(21)18-11-4-2-10(17)3-5-11/h1-7H,8H2,(H,18,21)(H,19,20). The molecule has 0 bridgehead atoms. The second kappa shape index (κ2) is 6.89. The van der Waals surface area contributed by atoms with E-state index in [1.807, 2.05) is 36.4 Å². The molecule has 3 aromatic rings. The third-order valence-corrected chi connectivity index (χ3v) is 4.72. The number of rotatable bonds is 4. The van der Waals surface area contributed by atoms with Gasteiger partial charge in [0.05, 0.1) is 16.8 Å². The van der Waals surface area contributed by atoms with Crippen LogP contribution in [0, 0.1) is 3.57 Å². The number of aromatic nitrogens is 2. The van der Waals surface area contributed by atoms with E-state index in [2.05, 4.69) is 37.9 Å². The maximum atomic E-state index is 11.9. The van der Waals surface area contributed by atoms with E-state index in [1.165, 1.54) is 11.8 Å². The molecule has 0 atom stereocenters. The Bertz CT molecular complexity index is 819. The van der Waals surface area contributed by atoms with Gasteiger partial charge in [0.2, 0.25) is 5.91 Å². The Balaban J connectivity index is 1.61. The molecule has 0 spiro atoms. The van der Waals surface area contributed by atoms with Gasteiger partial charge in [-0.05, 0) is 65.1 Å². The van der Waals surface area contributed by atoms with Crippen molar-refractivity contribution in [3.8, 4) is 0 Å². The van der Waals surface area contributed by atoms with E-state index in [0.717, 1.165) is 20.3 Å². The third kappa shape index (κ3) is 3.93. The molecule has 0 saturated heterocycles. The summed E-state index contributed by atoms with van der Waals surface area (Å²) in [4.78, 5) is 19.5. The number of nitrogens with one attached hydrogen (secondary N) is 2. The lowest BCUT2D eigenvalue weighted by molar-refractivity contribution is -0.113. The number of aromatic amines is 1. The van der Waals surface area contributed by atoms with Gasteiger partial charge < -0.3 is 10.3 Å². The minimum Gasteiger partial charge on any atom is -0.333 e. The molecule has 0 unspecified atom stereocenters. The predicted octanol–water partition coefficient (Wildman–Crippen LogP) is 4.55. The fourth-order valence-corrected chi connectivity index (χ4v) is 3.11. The summed E-state index contributed by atoms with van der Waals surface area (Å²) in [5.74, 6) is 0.226. The van der Waals surface area contributed by atoms with Gasteiger partial charge in [-0.3, -0.25) is 4.79 Å². The zero-order chi connectivity index (χ0) is 15.5. The summed E-state index contributed by atoms with van der Waals surface area (Å²) in [7, 11) is 0. The first kappa shape index (κ1) is 15.6. The van der Waals surface area contributed by atoms with E-state index in [-0.39, 0.29) is 5.91 Å². The quantitative estimate of drug-likeness (QED) is 0.459. The number of benzene rings is 2. The number of carbonyl (C=O) groups is 1. The summed E-state index contributed by atoms with van der Waals surface area (Å²) in [6, 6.07) is 13.1. The minimum atomic E-state index is -0.0651. The number of halogens is 2. The minimum absolute atomic E-state index is 0.0651. The molecule has 1 aromatic heterocycles. The third-order valence-electron chi connectivity index (χ3n) is 2.89. The fraction of sp³-hybridized carbons (Fsp3) is 0.0667. The predicted molar refractivity (Wildman–Crippen MR) is 99.6 cm³/mol. The van der Waals surface area contributed by atoms with Crippen LogP contribution >= 0.6 is 46.0 Å². The van der Waals surface area contributed by atoms with Crippen molar-refractivity contribution < 1.29 is 4.79 Å². The lowest BCUT2D eigenvalue weighted by Crippen LogP contribution is -2.14. The van der Waals surface area contributed by atoms with E-state index in [4.69, 9.17) is 11.6 Å². The second-order valence-electron chi connectivity index (χ2n) is 4.55.